The lowest BCUT2D eigenvalue weighted by Crippen LogP contribution is -1.88. The van der Waals surface area contributed by atoms with Gasteiger partial charge >= 0.3 is 0 Å². The average Bonchev–Trinajstić information content (AvgIpc) is 2.04. The Labute approximate surface area is 72.0 Å². The van der Waals surface area contributed by atoms with Crippen molar-refractivity contribution in [2.45, 2.75) is 6.32 Å². The molecule has 0 aliphatic heterocycles. The van der Waals surface area contributed by atoms with Gasteiger partial charge in [-0.05, 0) is 17.7 Å². The molecule has 1 nitrogen and oxygen atoms in total. The summed E-state index contributed by atoms with van der Waals surface area (Å²) in [5, 5.41) is 9.29. The maximum atomic E-state index is 8.67. The zero-order valence-corrected chi connectivity index (χ0v) is 7.02. The van der Waals surface area contributed by atoms with Crippen LogP contribution in [0.15, 0.2) is 18.2 Å². The molecule has 0 aliphatic carbocycles. The molecule has 0 aliphatic rings. The van der Waals surface area contributed by atoms with E-state index in [4.69, 9.17) is 16.9 Å². The van der Waals surface area contributed by atoms with Crippen LogP contribution in [0.25, 0.3) is 0 Å². The van der Waals surface area contributed by atoms with Gasteiger partial charge in [-0.1, -0.05) is 24.0 Å². The van der Waals surface area contributed by atoms with Gasteiger partial charge in [-0.25, -0.2) is 0 Å². The lowest BCUT2D eigenvalue weighted by atomic mass is 9.93. The summed E-state index contributed by atoms with van der Waals surface area (Å²) in [7, 11) is 2.02. The molecule has 11 heavy (non-hydrogen) atoms. The first-order valence-electron chi connectivity index (χ1n) is 3.46. The highest BCUT2D eigenvalue weighted by atomic mass is 35.5. The number of hydrogen-bond donors (Lipinski definition) is 0. The third-order valence-electron chi connectivity index (χ3n) is 1.57. The van der Waals surface area contributed by atoms with E-state index in [0.717, 1.165) is 11.9 Å². The van der Waals surface area contributed by atoms with Crippen molar-refractivity contribution < 1.29 is 0 Å². The van der Waals surface area contributed by atoms with Crippen molar-refractivity contribution in [3.05, 3.63) is 34.3 Å². The molecule has 1 rings (SSSR count). The molecule has 0 radical (unpaired) electrons. The number of nitrogens with zero attached hydrogens (tertiary/aromatic N) is 1. The van der Waals surface area contributed by atoms with Crippen molar-refractivity contribution in [3.8, 4) is 6.07 Å². The van der Waals surface area contributed by atoms with Crippen molar-refractivity contribution in [3.63, 3.8) is 0 Å². The highest BCUT2D eigenvalue weighted by molar-refractivity contribution is 6.30. The average molecular weight is 163 g/mol. The molecule has 0 amide bonds. The Morgan fingerprint density at radius 1 is 1.55 bits per heavy atom. The van der Waals surface area contributed by atoms with Crippen LogP contribution < -0.4 is 0 Å². The van der Waals surface area contributed by atoms with E-state index in [1.54, 1.807) is 12.1 Å². The van der Waals surface area contributed by atoms with Gasteiger partial charge in [0.05, 0.1) is 11.6 Å². The van der Waals surface area contributed by atoms with Gasteiger partial charge in [0.1, 0.15) is 7.85 Å². The molecule has 0 N–H and O–H groups in total. The predicted molar refractivity (Wildman–Crippen MR) is 48.4 cm³/mol. The first-order chi connectivity index (χ1) is 5.27. The van der Waals surface area contributed by atoms with Crippen LogP contribution in [0.2, 0.25) is 5.02 Å². The minimum Gasteiger partial charge on any atom is -0.192 e. The third kappa shape index (κ3) is 1.75. The summed E-state index contributed by atoms with van der Waals surface area (Å²) in [5.74, 6) is 0. The lowest BCUT2D eigenvalue weighted by Gasteiger charge is -1.98. The van der Waals surface area contributed by atoms with E-state index in [-0.39, 0.29) is 0 Å². The standard InChI is InChI=1S/C8H7BClN/c9-4-6-1-2-8(10)3-7(6)5-11/h1-3H,4,9H2. The van der Waals surface area contributed by atoms with Crippen molar-refractivity contribution >= 4 is 19.4 Å². The van der Waals surface area contributed by atoms with E-state index in [0.29, 0.717) is 10.6 Å². The maximum Gasteiger partial charge on any atom is 0.107 e. The molecule has 0 atom stereocenters. The summed E-state index contributed by atoms with van der Waals surface area (Å²) < 4.78 is 0. The summed E-state index contributed by atoms with van der Waals surface area (Å²) in [6.45, 7) is 0. The van der Waals surface area contributed by atoms with Crippen LogP contribution >= 0.6 is 11.6 Å². The van der Waals surface area contributed by atoms with Crippen LogP contribution in [0.4, 0.5) is 0 Å². The lowest BCUT2D eigenvalue weighted by molar-refractivity contribution is 1.35. The van der Waals surface area contributed by atoms with E-state index in [1.165, 1.54) is 0 Å². The van der Waals surface area contributed by atoms with Gasteiger partial charge in [0.2, 0.25) is 0 Å². The minimum absolute atomic E-state index is 0.624. The highest BCUT2D eigenvalue weighted by Crippen LogP contribution is 2.14. The fraction of sp³-hybridized carbons (Fsp3) is 0.125. The van der Waals surface area contributed by atoms with Crippen LogP contribution in [-0.4, -0.2) is 7.85 Å². The van der Waals surface area contributed by atoms with Gasteiger partial charge in [-0.15, -0.1) is 0 Å². The molecule has 54 valence electrons. The number of hydrogen-bond acceptors (Lipinski definition) is 1. The van der Waals surface area contributed by atoms with Crippen molar-refractivity contribution in [2.75, 3.05) is 0 Å². The van der Waals surface area contributed by atoms with Crippen LogP contribution in [-0.2, 0) is 6.32 Å². The molecule has 0 heterocycles. The first-order valence-corrected chi connectivity index (χ1v) is 3.84. The fourth-order valence-electron chi connectivity index (χ4n) is 0.961. The van der Waals surface area contributed by atoms with Gasteiger partial charge in [0.25, 0.3) is 0 Å². The SMILES string of the molecule is BCc1ccc(Cl)cc1C#N. The monoisotopic (exact) mass is 163 g/mol. The Bertz CT molecular complexity index is 303. The molecular formula is C8H7BClN. The van der Waals surface area contributed by atoms with Gasteiger partial charge < -0.3 is 0 Å². The molecule has 0 aromatic heterocycles. The van der Waals surface area contributed by atoms with Gasteiger partial charge in [0.15, 0.2) is 0 Å². The second-order valence-corrected chi connectivity index (χ2v) is 2.70. The van der Waals surface area contributed by atoms with Crippen molar-refractivity contribution in [1.29, 1.82) is 5.26 Å². The minimum atomic E-state index is 0.624. The molecule has 0 saturated heterocycles. The van der Waals surface area contributed by atoms with Gasteiger partial charge in [-0.2, -0.15) is 5.26 Å². The summed E-state index contributed by atoms with van der Waals surface area (Å²) >= 11 is 5.70. The molecule has 0 spiro atoms. The first kappa shape index (κ1) is 8.16. The molecule has 0 saturated carbocycles. The molecule has 0 bridgehead atoms. The Morgan fingerprint density at radius 3 is 2.82 bits per heavy atom. The van der Waals surface area contributed by atoms with E-state index >= 15 is 0 Å². The molecule has 1 aromatic carbocycles. The largest absolute Gasteiger partial charge is 0.192 e. The summed E-state index contributed by atoms with van der Waals surface area (Å²) in [6, 6.07) is 7.49. The maximum absolute atomic E-state index is 8.67. The summed E-state index contributed by atoms with van der Waals surface area (Å²) in [5.41, 5.74) is 1.73. The second kappa shape index (κ2) is 3.45. The summed E-state index contributed by atoms with van der Waals surface area (Å²) in [6.07, 6.45) is 0.875. The van der Waals surface area contributed by atoms with Crippen LogP contribution in [0.5, 0.6) is 0 Å². The van der Waals surface area contributed by atoms with Crippen LogP contribution in [0, 0.1) is 11.3 Å². The van der Waals surface area contributed by atoms with E-state index in [2.05, 4.69) is 6.07 Å². The number of halogens is 1. The van der Waals surface area contributed by atoms with Crippen LogP contribution in [0.3, 0.4) is 0 Å². The summed E-state index contributed by atoms with van der Waals surface area (Å²) in [4.78, 5) is 0. The number of nitriles is 1. The third-order valence-corrected chi connectivity index (χ3v) is 1.81. The van der Waals surface area contributed by atoms with Crippen LogP contribution in [0.1, 0.15) is 11.1 Å². The van der Waals surface area contributed by atoms with Gasteiger partial charge in [0, 0.05) is 5.02 Å². The zero-order valence-electron chi connectivity index (χ0n) is 6.26. The highest BCUT2D eigenvalue weighted by Gasteiger charge is 1.98. The smallest absolute Gasteiger partial charge is 0.107 e. The molecule has 0 unspecified atom stereocenters. The van der Waals surface area contributed by atoms with E-state index < -0.39 is 0 Å². The molecule has 1 aromatic rings. The fourth-order valence-corrected chi connectivity index (χ4v) is 1.13. The molecule has 3 heteroatoms. The topological polar surface area (TPSA) is 23.8 Å². The Balaban J connectivity index is 3.19. The quantitative estimate of drug-likeness (QED) is 0.573. The molecular weight excluding hydrogens is 156 g/mol. The normalized spacial score (nSPS) is 9.09. The van der Waals surface area contributed by atoms with E-state index in [9.17, 15) is 0 Å². The van der Waals surface area contributed by atoms with E-state index in [1.807, 2.05) is 13.9 Å². The number of rotatable bonds is 1. The zero-order chi connectivity index (χ0) is 8.27. The van der Waals surface area contributed by atoms with Crippen molar-refractivity contribution in [2.24, 2.45) is 0 Å². The Hall–Kier alpha value is -0.935. The van der Waals surface area contributed by atoms with Crippen molar-refractivity contribution in [1.82, 2.24) is 0 Å². The second-order valence-electron chi connectivity index (χ2n) is 2.27. The predicted octanol–water partition coefficient (Wildman–Crippen LogP) is 1.34. The number of benzene rings is 1. The van der Waals surface area contributed by atoms with Gasteiger partial charge in [-0.3, -0.25) is 0 Å². The molecule has 0 fully saturated rings. The Kier molecular flexibility index (Phi) is 2.56. The Morgan fingerprint density at radius 2 is 2.27 bits per heavy atom.